The average molecular weight is 583 g/mol. The monoisotopic (exact) mass is 583 g/mol. The molecular weight excluding hydrogens is 508 g/mol. The second-order valence-electron chi connectivity index (χ2n) is 12.6. The Morgan fingerprint density at radius 3 is 1.24 bits per heavy atom. The molecule has 0 heterocycles. The summed E-state index contributed by atoms with van der Waals surface area (Å²) >= 11 is 0. The molecule has 0 spiro atoms. The Morgan fingerprint density at radius 1 is 0.537 bits per heavy atom. The van der Waals surface area contributed by atoms with Gasteiger partial charge in [-0.15, -0.1) is 0 Å². The van der Waals surface area contributed by atoms with Crippen LogP contribution < -0.4 is 0 Å². The molecule has 2 unspecified atom stereocenters. The standard InChI is InChI=1S/C26H52O2.C11H22O2/c1-3-5-6-7-8-9-10-11-12-13-14-15-16-17-18-19-20-21-22-23-24-25(4-2)26(27)28;1-4-6-7-8-11(12)13-9-10(3)5-2/h25H,3-24H2,1-2H3,(H,27,28);10H,4-9H2,1-3H3. The van der Waals surface area contributed by atoms with Crippen molar-refractivity contribution >= 4 is 11.9 Å². The first-order valence-electron chi connectivity index (χ1n) is 18.3. The van der Waals surface area contributed by atoms with Gasteiger partial charge in [0.1, 0.15) is 0 Å². The van der Waals surface area contributed by atoms with Gasteiger partial charge in [-0.1, -0.05) is 182 Å². The normalized spacial score (nSPS) is 12.4. The summed E-state index contributed by atoms with van der Waals surface area (Å²) in [5, 5.41) is 9.03. The zero-order valence-corrected chi connectivity index (χ0v) is 28.6. The lowest BCUT2D eigenvalue weighted by Crippen LogP contribution is -2.12. The molecule has 0 radical (unpaired) electrons. The third kappa shape index (κ3) is 35.0. The van der Waals surface area contributed by atoms with Gasteiger partial charge in [0, 0.05) is 6.42 Å². The summed E-state index contributed by atoms with van der Waals surface area (Å²) in [7, 11) is 0. The van der Waals surface area contributed by atoms with Crippen LogP contribution in [0.2, 0.25) is 0 Å². The van der Waals surface area contributed by atoms with Crippen molar-refractivity contribution in [3.8, 4) is 0 Å². The molecule has 1 N–H and O–H groups in total. The van der Waals surface area contributed by atoms with Crippen molar-refractivity contribution in [2.45, 2.75) is 208 Å². The second kappa shape index (κ2) is 35.1. The van der Waals surface area contributed by atoms with Crippen LogP contribution in [0.4, 0.5) is 0 Å². The number of esters is 1. The first-order valence-corrected chi connectivity index (χ1v) is 18.3. The van der Waals surface area contributed by atoms with Crippen LogP contribution in [0.25, 0.3) is 0 Å². The Labute approximate surface area is 257 Å². The van der Waals surface area contributed by atoms with Crippen molar-refractivity contribution in [3.05, 3.63) is 0 Å². The van der Waals surface area contributed by atoms with Crippen LogP contribution in [-0.4, -0.2) is 23.7 Å². The fourth-order valence-electron chi connectivity index (χ4n) is 5.09. The number of carboxylic acid groups (broad SMARTS) is 1. The van der Waals surface area contributed by atoms with Gasteiger partial charge >= 0.3 is 11.9 Å². The maximum atomic E-state index is 11.1. The molecule has 246 valence electrons. The summed E-state index contributed by atoms with van der Waals surface area (Å²) in [6, 6.07) is 0. The number of carbonyl (C=O) groups excluding carboxylic acids is 1. The molecule has 41 heavy (non-hydrogen) atoms. The van der Waals surface area contributed by atoms with Crippen LogP contribution in [0.1, 0.15) is 208 Å². The fraction of sp³-hybridized carbons (Fsp3) is 0.946. The number of rotatable bonds is 30. The summed E-state index contributed by atoms with van der Waals surface area (Å²) < 4.78 is 5.10. The first-order chi connectivity index (χ1) is 19.9. The lowest BCUT2D eigenvalue weighted by Gasteiger charge is -2.09. The largest absolute Gasteiger partial charge is 0.481 e. The molecule has 0 aromatic rings. The molecule has 0 aromatic carbocycles. The zero-order chi connectivity index (χ0) is 30.8. The molecule has 0 rings (SSSR count). The van der Waals surface area contributed by atoms with Crippen LogP contribution in [0.3, 0.4) is 0 Å². The first kappa shape index (κ1) is 42.1. The number of hydrogen-bond acceptors (Lipinski definition) is 3. The second-order valence-corrected chi connectivity index (χ2v) is 12.6. The molecule has 0 aromatic heterocycles. The smallest absolute Gasteiger partial charge is 0.306 e. The number of hydrogen-bond donors (Lipinski definition) is 1. The molecule has 0 aliphatic heterocycles. The number of carbonyl (C=O) groups is 2. The summed E-state index contributed by atoms with van der Waals surface area (Å²) in [5.41, 5.74) is 0. The number of aliphatic carboxylic acids is 1. The minimum atomic E-state index is -0.611. The SMILES string of the molecule is CCCCCC(=O)OCC(C)CC.CCCCCCCCCCCCCCCCCCCCCCC(CC)C(=O)O. The highest BCUT2D eigenvalue weighted by Crippen LogP contribution is 2.17. The van der Waals surface area contributed by atoms with E-state index >= 15 is 0 Å². The number of carboxylic acids is 1. The molecule has 4 heteroatoms. The molecule has 0 saturated carbocycles. The molecule has 0 aliphatic carbocycles. The van der Waals surface area contributed by atoms with Gasteiger partial charge in [-0.3, -0.25) is 9.59 Å². The van der Waals surface area contributed by atoms with Gasteiger partial charge in [-0.2, -0.15) is 0 Å². The molecule has 0 bridgehead atoms. The van der Waals surface area contributed by atoms with Crippen molar-refractivity contribution in [2.75, 3.05) is 6.61 Å². The predicted octanol–water partition coefficient (Wildman–Crippen LogP) is 12.5. The van der Waals surface area contributed by atoms with Crippen LogP contribution in [0.15, 0.2) is 0 Å². The van der Waals surface area contributed by atoms with E-state index in [2.05, 4.69) is 27.7 Å². The van der Waals surface area contributed by atoms with Gasteiger partial charge in [0.25, 0.3) is 0 Å². The van der Waals surface area contributed by atoms with E-state index in [9.17, 15) is 9.59 Å². The Morgan fingerprint density at radius 2 is 0.902 bits per heavy atom. The van der Waals surface area contributed by atoms with E-state index in [0.717, 1.165) is 44.9 Å². The van der Waals surface area contributed by atoms with E-state index < -0.39 is 5.97 Å². The van der Waals surface area contributed by atoms with E-state index in [1.807, 2.05) is 6.92 Å². The summed E-state index contributed by atoms with van der Waals surface area (Å²) in [4.78, 5) is 22.1. The van der Waals surface area contributed by atoms with Crippen LogP contribution in [0, 0.1) is 11.8 Å². The number of ether oxygens (including phenoxy) is 1. The quantitative estimate of drug-likeness (QED) is 0.0675. The minimum Gasteiger partial charge on any atom is -0.481 e. The molecule has 0 aliphatic rings. The fourth-order valence-corrected chi connectivity index (χ4v) is 5.09. The van der Waals surface area contributed by atoms with E-state index in [1.165, 1.54) is 122 Å². The van der Waals surface area contributed by atoms with Gasteiger partial charge in [-0.25, -0.2) is 0 Å². The highest BCUT2D eigenvalue weighted by atomic mass is 16.5. The highest BCUT2D eigenvalue weighted by molar-refractivity contribution is 5.69. The van der Waals surface area contributed by atoms with Gasteiger partial charge < -0.3 is 9.84 Å². The third-order valence-corrected chi connectivity index (χ3v) is 8.46. The van der Waals surface area contributed by atoms with E-state index in [4.69, 9.17) is 9.84 Å². The zero-order valence-electron chi connectivity index (χ0n) is 28.6. The Balaban J connectivity index is 0. The van der Waals surface area contributed by atoms with Crippen molar-refractivity contribution in [1.29, 1.82) is 0 Å². The number of unbranched alkanes of at least 4 members (excludes halogenated alkanes) is 21. The Hall–Kier alpha value is -1.06. The van der Waals surface area contributed by atoms with Crippen LogP contribution in [0.5, 0.6) is 0 Å². The Bertz CT molecular complexity index is 533. The van der Waals surface area contributed by atoms with Gasteiger partial charge in [-0.05, 0) is 25.2 Å². The summed E-state index contributed by atoms with van der Waals surface area (Å²) in [5.74, 6) is -0.264. The van der Waals surface area contributed by atoms with E-state index in [-0.39, 0.29) is 11.9 Å². The van der Waals surface area contributed by atoms with E-state index in [0.29, 0.717) is 18.9 Å². The van der Waals surface area contributed by atoms with Gasteiger partial charge in [0.05, 0.1) is 12.5 Å². The van der Waals surface area contributed by atoms with Crippen molar-refractivity contribution in [3.63, 3.8) is 0 Å². The summed E-state index contributed by atoms with van der Waals surface area (Å²) in [6.07, 6.45) is 34.4. The van der Waals surface area contributed by atoms with E-state index in [1.54, 1.807) is 0 Å². The van der Waals surface area contributed by atoms with Crippen LogP contribution in [-0.2, 0) is 14.3 Å². The molecule has 0 amide bonds. The summed E-state index contributed by atoms with van der Waals surface area (Å²) in [6.45, 7) is 11.2. The topological polar surface area (TPSA) is 63.6 Å². The van der Waals surface area contributed by atoms with Gasteiger partial charge in [0.15, 0.2) is 0 Å². The van der Waals surface area contributed by atoms with Gasteiger partial charge in [0.2, 0.25) is 0 Å². The molecule has 2 atom stereocenters. The average Bonchev–Trinajstić information content (AvgIpc) is 2.97. The maximum absolute atomic E-state index is 11.1. The lowest BCUT2D eigenvalue weighted by molar-refractivity contribution is -0.145. The Kier molecular flexibility index (Phi) is 36.1. The maximum Gasteiger partial charge on any atom is 0.306 e. The van der Waals surface area contributed by atoms with Crippen molar-refractivity contribution in [1.82, 2.24) is 0 Å². The van der Waals surface area contributed by atoms with Crippen LogP contribution >= 0.6 is 0 Å². The molecular formula is C37H74O4. The van der Waals surface area contributed by atoms with Crippen molar-refractivity contribution < 1.29 is 19.4 Å². The molecule has 4 nitrogen and oxygen atoms in total. The molecule has 0 fully saturated rings. The van der Waals surface area contributed by atoms with Crippen molar-refractivity contribution in [2.24, 2.45) is 11.8 Å². The lowest BCUT2D eigenvalue weighted by atomic mass is 9.98. The minimum absolute atomic E-state index is 0.0336. The molecule has 0 saturated heterocycles. The predicted molar refractivity (Wildman–Crippen MR) is 179 cm³/mol. The highest BCUT2D eigenvalue weighted by Gasteiger charge is 2.13. The third-order valence-electron chi connectivity index (χ3n) is 8.46.